The average Bonchev–Trinajstić information content (AvgIpc) is 2.74. The molecule has 2 aromatic rings. The van der Waals surface area contributed by atoms with Gasteiger partial charge < -0.3 is 9.42 Å². The zero-order valence-corrected chi connectivity index (χ0v) is 12.8. The predicted molar refractivity (Wildman–Crippen MR) is 76.2 cm³/mol. The fourth-order valence-corrected chi connectivity index (χ4v) is 2.43. The van der Waals surface area contributed by atoms with Crippen molar-refractivity contribution in [2.24, 2.45) is 0 Å². The predicted octanol–water partition coefficient (Wildman–Crippen LogP) is 3.67. The van der Waals surface area contributed by atoms with Crippen LogP contribution in [-0.4, -0.2) is 23.0 Å². The topological polar surface area (TPSA) is 46.3 Å². The summed E-state index contributed by atoms with van der Waals surface area (Å²) in [5, 5.41) is 4.28. The van der Waals surface area contributed by atoms with Crippen molar-refractivity contribution in [3.05, 3.63) is 50.8 Å². The second kappa shape index (κ2) is 5.75. The molecule has 0 aliphatic carbocycles. The molecule has 0 radical (unpaired) electrons. The molecule has 0 saturated heterocycles. The van der Waals surface area contributed by atoms with Crippen molar-refractivity contribution in [1.82, 2.24) is 10.1 Å². The van der Waals surface area contributed by atoms with Crippen LogP contribution in [0.25, 0.3) is 0 Å². The summed E-state index contributed by atoms with van der Waals surface area (Å²) in [5.41, 5.74) is 1.18. The SMILES string of the molecule is Cc1cc(CN(C)C(=O)c2ccc(Br)cc2Cl)no1. The third kappa shape index (κ3) is 3.36. The van der Waals surface area contributed by atoms with Crippen LogP contribution in [0.2, 0.25) is 5.02 Å². The van der Waals surface area contributed by atoms with Gasteiger partial charge in [0, 0.05) is 17.6 Å². The maximum absolute atomic E-state index is 12.3. The molecule has 2 rings (SSSR count). The minimum absolute atomic E-state index is 0.154. The Morgan fingerprint density at radius 3 is 2.79 bits per heavy atom. The summed E-state index contributed by atoms with van der Waals surface area (Å²) in [4.78, 5) is 13.8. The lowest BCUT2D eigenvalue weighted by molar-refractivity contribution is 0.0782. The molecule has 1 heterocycles. The fraction of sp³-hybridized carbons (Fsp3) is 0.231. The summed E-state index contributed by atoms with van der Waals surface area (Å²) in [6.45, 7) is 2.19. The van der Waals surface area contributed by atoms with Gasteiger partial charge in [0.05, 0.1) is 17.1 Å². The number of aromatic nitrogens is 1. The van der Waals surface area contributed by atoms with Gasteiger partial charge in [-0.15, -0.1) is 0 Å². The van der Waals surface area contributed by atoms with Gasteiger partial charge in [-0.05, 0) is 25.1 Å². The van der Waals surface area contributed by atoms with Gasteiger partial charge in [-0.1, -0.05) is 32.7 Å². The lowest BCUT2D eigenvalue weighted by atomic mass is 10.2. The van der Waals surface area contributed by atoms with Crippen LogP contribution in [0.5, 0.6) is 0 Å². The van der Waals surface area contributed by atoms with Gasteiger partial charge in [-0.3, -0.25) is 4.79 Å². The monoisotopic (exact) mass is 342 g/mol. The first kappa shape index (κ1) is 14.1. The highest BCUT2D eigenvalue weighted by Gasteiger charge is 2.16. The number of carbonyl (C=O) groups is 1. The molecule has 1 aromatic heterocycles. The number of amides is 1. The van der Waals surface area contributed by atoms with Gasteiger partial charge in [-0.25, -0.2) is 0 Å². The van der Waals surface area contributed by atoms with Crippen molar-refractivity contribution < 1.29 is 9.32 Å². The average molecular weight is 344 g/mol. The Morgan fingerprint density at radius 1 is 1.47 bits per heavy atom. The largest absolute Gasteiger partial charge is 0.361 e. The van der Waals surface area contributed by atoms with E-state index in [-0.39, 0.29) is 5.91 Å². The Hall–Kier alpha value is -1.33. The van der Waals surface area contributed by atoms with E-state index in [1.54, 1.807) is 36.2 Å². The molecule has 0 fully saturated rings. The van der Waals surface area contributed by atoms with Crippen LogP contribution in [0.3, 0.4) is 0 Å². The van der Waals surface area contributed by atoms with Crippen LogP contribution in [0.4, 0.5) is 0 Å². The van der Waals surface area contributed by atoms with Crippen LogP contribution in [0.1, 0.15) is 21.8 Å². The first-order valence-electron chi connectivity index (χ1n) is 5.60. The van der Waals surface area contributed by atoms with Gasteiger partial charge in [0.2, 0.25) is 0 Å². The first-order chi connectivity index (χ1) is 8.97. The smallest absolute Gasteiger partial charge is 0.255 e. The van der Waals surface area contributed by atoms with Gasteiger partial charge in [0.25, 0.3) is 5.91 Å². The van der Waals surface area contributed by atoms with Gasteiger partial charge in [-0.2, -0.15) is 0 Å². The summed E-state index contributed by atoms with van der Waals surface area (Å²) in [7, 11) is 1.70. The standard InChI is InChI=1S/C13H12BrClN2O2/c1-8-5-10(16-19-8)7-17(2)13(18)11-4-3-9(14)6-12(11)15/h3-6H,7H2,1-2H3. The molecule has 0 spiro atoms. The van der Waals surface area contributed by atoms with E-state index in [0.717, 1.165) is 10.2 Å². The Morgan fingerprint density at radius 2 is 2.21 bits per heavy atom. The molecule has 6 heteroatoms. The normalized spacial score (nSPS) is 10.5. The highest BCUT2D eigenvalue weighted by Crippen LogP contribution is 2.22. The second-order valence-corrected chi connectivity index (χ2v) is 5.54. The molecule has 100 valence electrons. The maximum Gasteiger partial charge on any atom is 0.255 e. The molecule has 1 amide bonds. The first-order valence-corrected chi connectivity index (χ1v) is 6.77. The number of halogens is 2. The Labute approximate surface area is 124 Å². The highest BCUT2D eigenvalue weighted by molar-refractivity contribution is 9.10. The Kier molecular flexibility index (Phi) is 4.27. The van der Waals surface area contributed by atoms with Crippen LogP contribution in [0, 0.1) is 6.92 Å². The molecule has 0 bridgehead atoms. The number of rotatable bonds is 3. The van der Waals surface area contributed by atoms with Crippen molar-refractivity contribution in [3.8, 4) is 0 Å². The Bertz CT molecular complexity index is 612. The molecule has 0 aliphatic heterocycles. The van der Waals surface area contributed by atoms with Crippen LogP contribution in [-0.2, 0) is 6.54 Å². The molecule has 1 aromatic carbocycles. The minimum atomic E-state index is -0.154. The molecule has 0 saturated carbocycles. The van der Waals surface area contributed by atoms with Crippen molar-refractivity contribution >= 4 is 33.4 Å². The van der Waals surface area contributed by atoms with Gasteiger partial charge in [0.15, 0.2) is 0 Å². The highest BCUT2D eigenvalue weighted by atomic mass is 79.9. The summed E-state index contributed by atoms with van der Waals surface area (Å²) in [6.07, 6.45) is 0. The van der Waals surface area contributed by atoms with Crippen LogP contribution in [0.15, 0.2) is 33.3 Å². The van der Waals surface area contributed by atoms with E-state index in [4.69, 9.17) is 16.1 Å². The zero-order valence-electron chi connectivity index (χ0n) is 10.5. The number of benzene rings is 1. The van der Waals surface area contributed by atoms with Crippen molar-refractivity contribution in [2.75, 3.05) is 7.05 Å². The van der Waals surface area contributed by atoms with E-state index >= 15 is 0 Å². The Balaban J connectivity index is 2.14. The summed E-state index contributed by atoms with van der Waals surface area (Å²) in [5.74, 6) is 0.565. The summed E-state index contributed by atoms with van der Waals surface area (Å²) >= 11 is 9.37. The maximum atomic E-state index is 12.3. The molecule has 0 atom stereocenters. The lowest BCUT2D eigenvalue weighted by Gasteiger charge is -2.16. The third-order valence-electron chi connectivity index (χ3n) is 2.58. The van der Waals surface area contributed by atoms with Crippen molar-refractivity contribution in [2.45, 2.75) is 13.5 Å². The van der Waals surface area contributed by atoms with Crippen LogP contribution < -0.4 is 0 Å². The van der Waals surface area contributed by atoms with E-state index in [1.807, 2.05) is 6.92 Å². The number of aryl methyl sites for hydroxylation is 1. The molecular formula is C13H12BrClN2O2. The van der Waals surface area contributed by atoms with E-state index in [0.29, 0.717) is 22.8 Å². The molecule has 0 N–H and O–H groups in total. The molecule has 4 nitrogen and oxygen atoms in total. The van der Waals surface area contributed by atoms with Crippen molar-refractivity contribution in [1.29, 1.82) is 0 Å². The third-order valence-corrected chi connectivity index (χ3v) is 3.39. The van der Waals surface area contributed by atoms with E-state index in [1.165, 1.54) is 0 Å². The van der Waals surface area contributed by atoms with Gasteiger partial charge >= 0.3 is 0 Å². The summed E-state index contributed by atoms with van der Waals surface area (Å²) in [6, 6.07) is 6.97. The van der Waals surface area contributed by atoms with E-state index in [2.05, 4.69) is 21.1 Å². The van der Waals surface area contributed by atoms with Crippen molar-refractivity contribution in [3.63, 3.8) is 0 Å². The number of carbonyl (C=O) groups excluding carboxylic acids is 1. The quantitative estimate of drug-likeness (QED) is 0.854. The van der Waals surface area contributed by atoms with Gasteiger partial charge in [0.1, 0.15) is 11.5 Å². The minimum Gasteiger partial charge on any atom is -0.361 e. The zero-order chi connectivity index (χ0) is 14.0. The van der Waals surface area contributed by atoms with Crippen LogP contribution >= 0.6 is 27.5 Å². The fourth-order valence-electron chi connectivity index (χ4n) is 1.68. The molecule has 0 aliphatic rings. The second-order valence-electron chi connectivity index (χ2n) is 4.21. The summed E-state index contributed by atoms with van der Waals surface area (Å²) < 4.78 is 5.81. The van der Waals surface area contributed by atoms with E-state index < -0.39 is 0 Å². The molecule has 0 unspecified atom stereocenters. The molecule has 19 heavy (non-hydrogen) atoms. The lowest BCUT2D eigenvalue weighted by Crippen LogP contribution is -2.26. The number of hydrogen-bond acceptors (Lipinski definition) is 3. The number of hydrogen-bond donors (Lipinski definition) is 0. The van der Waals surface area contributed by atoms with E-state index in [9.17, 15) is 4.79 Å². The molecular weight excluding hydrogens is 332 g/mol. The number of nitrogens with zero attached hydrogens (tertiary/aromatic N) is 2.